The highest BCUT2D eigenvalue weighted by Gasteiger charge is 2.26. The molecule has 1 atom stereocenters. The number of carbonyl (C=O) groups excluding carboxylic acids is 1. The van der Waals surface area contributed by atoms with Crippen LogP contribution in [-0.2, 0) is 17.9 Å². The van der Waals surface area contributed by atoms with Gasteiger partial charge in [-0.1, -0.05) is 64.8 Å². The van der Waals surface area contributed by atoms with Crippen molar-refractivity contribution in [1.29, 1.82) is 0 Å². The number of piperidine rings is 1. The van der Waals surface area contributed by atoms with Gasteiger partial charge in [0.05, 0.1) is 12.5 Å². The van der Waals surface area contributed by atoms with Crippen molar-refractivity contribution >= 4 is 17.5 Å². The van der Waals surface area contributed by atoms with Crippen LogP contribution in [0.5, 0.6) is 0 Å². The molecule has 30 heavy (non-hydrogen) atoms. The molecular formula is C23H25ClN4O2. The molecule has 1 aliphatic heterocycles. The minimum absolute atomic E-state index is 0.0222. The molecule has 3 aromatic rings. The number of rotatable bonds is 6. The quantitative estimate of drug-likeness (QED) is 0.641. The second-order valence-electron chi connectivity index (χ2n) is 7.76. The molecule has 1 aromatic heterocycles. The van der Waals surface area contributed by atoms with Gasteiger partial charge in [0.2, 0.25) is 17.6 Å². The van der Waals surface area contributed by atoms with Gasteiger partial charge in [-0.25, -0.2) is 0 Å². The lowest BCUT2D eigenvalue weighted by atomic mass is 9.96. The fourth-order valence-electron chi connectivity index (χ4n) is 3.73. The van der Waals surface area contributed by atoms with E-state index in [4.69, 9.17) is 16.1 Å². The number of aryl methyl sites for hydroxylation is 1. The van der Waals surface area contributed by atoms with Gasteiger partial charge in [-0.05, 0) is 37.9 Å². The molecule has 6 nitrogen and oxygen atoms in total. The van der Waals surface area contributed by atoms with E-state index in [1.54, 1.807) is 0 Å². The van der Waals surface area contributed by atoms with E-state index in [2.05, 4.69) is 20.4 Å². The summed E-state index contributed by atoms with van der Waals surface area (Å²) in [6.07, 6.45) is 1.87. The van der Waals surface area contributed by atoms with Crippen LogP contribution in [0.1, 0.15) is 29.9 Å². The SMILES string of the molecule is Cc1ccc(-c2noc(CNC(=O)[C@H]3CCCN(Cc4ccccc4Cl)C3)n2)cc1. The van der Waals surface area contributed by atoms with Crippen LogP contribution in [0.3, 0.4) is 0 Å². The summed E-state index contributed by atoms with van der Waals surface area (Å²) in [5, 5.41) is 7.73. The smallest absolute Gasteiger partial charge is 0.246 e. The monoisotopic (exact) mass is 424 g/mol. The zero-order valence-corrected chi connectivity index (χ0v) is 17.7. The van der Waals surface area contributed by atoms with Crippen LogP contribution in [0.25, 0.3) is 11.4 Å². The van der Waals surface area contributed by atoms with E-state index in [9.17, 15) is 4.79 Å². The van der Waals surface area contributed by atoms with E-state index in [1.807, 2.05) is 55.5 Å². The second-order valence-corrected chi connectivity index (χ2v) is 8.17. The Morgan fingerprint density at radius 1 is 1.23 bits per heavy atom. The van der Waals surface area contributed by atoms with Crippen LogP contribution < -0.4 is 5.32 Å². The fraction of sp³-hybridized carbons (Fsp3) is 0.348. The highest BCUT2D eigenvalue weighted by molar-refractivity contribution is 6.31. The summed E-state index contributed by atoms with van der Waals surface area (Å²) in [7, 11) is 0. The Morgan fingerprint density at radius 2 is 2.03 bits per heavy atom. The minimum Gasteiger partial charge on any atom is -0.347 e. The second kappa shape index (κ2) is 9.41. The van der Waals surface area contributed by atoms with Crippen molar-refractivity contribution in [3.8, 4) is 11.4 Å². The summed E-state index contributed by atoms with van der Waals surface area (Å²) >= 11 is 6.28. The Hall–Kier alpha value is -2.70. The minimum atomic E-state index is -0.0549. The van der Waals surface area contributed by atoms with E-state index >= 15 is 0 Å². The predicted octanol–water partition coefficient (Wildman–Crippen LogP) is 4.23. The lowest BCUT2D eigenvalue weighted by Gasteiger charge is -2.32. The molecule has 0 unspecified atom stereocenters. The first-order valence-corrected chi connectivity index (χ1v) is 10.6. The Balaban J connectivity index is 1.30. The van der Waals surface area contributed by atoms with Crippen LogP contribution in [0.15, 0.2) is 53.1 Å². The van der Waals surface area contributed by atoms with Crippen LogP contribution in [0, 0.1) is 12.8 Å². The summed E-state index contributed by atoms with van der Waals surface area (Å²) in [6.45, 7) is 4.71. The van der Waals surface area contributed by atoms with Gasteiger partial charge in [-0.15, -0.1) is 0 Å². The molecule has 1 amide bonds. The van der Waals surface area contributed by atoms with E-state index in [1.165, 1.54) is 5.56 Å². The summed E-state index contributed by atoms with van der Waals surface area (Å²) in [5.41, 5.74) is 3.16. The molecule has 156 valence electrons. The first-order chi connectivity index (χ1) is 14.6. The molecule has 0 spiro atoms. The topological polar surface area (TPSA) is 71.3 Å². The third kappa shape index (κ3) is 5.07. The highest BCUT2D eigenvalue weighted by Crippen LogP contribution is 2.22. The highest BCUT2D eigenvalue weighted by atomic mass is 35.5. The van der Waals surface area contributed by atoms with Crippen LogP contribution >= 0.6 is 11.6 Å². The van der Waals surface area contributed by atoms with Crippen molar-refractivity contribution in [2.75, 3.05) is 13.1 Å². The summed E-state index contributed by atoms with van der Waals surface area (Å²) in [5.74, 6) is 0.903. The van der Waals surface area contributed by atoms with E-state index < -0.39 is 0 Å². The molecule has 0 aliphatic carbocycles. The molecule has 1 aliphatic rings. The number of likely N-dealkylation sites (tertiary alicyclic amines) is 1. The molecule has 2 heterocycles. The molecular weight excluding hydrogens is 400 g/mol. The van der Waals surface area contributed by atoms with Gasteiger partial charge in [-0.3, -0.25) is 9.69 Å². The maximum absolute atomic E-state index is 12.7. The molecule has 1 fully saturated rings. The first-order valence-electron chi connectivity index (χ1n) is 10.2. The number of benzene rings is 2. The van der Waals surface area contributed by atoms with Crippen LogP contribution in [0.4, 0.5) is 0 Å². The predicted molar refractivity (Wildman–Crippen MR) is 116 cm³/mol. The van der Waals surface area contributed by atoms with Crippen molar-refractivity contribution in [3.05, 3.63) is 70.6 Å². The maximum Gasteiger partial charge on any atom is 0.246 e. The zero-order valence-electron chi connectivity index (χ0n) is 17.0. The Bertz CT molecular complexity index is 1000. The van der Waals surface area contributed by atoms with Gasteiger partial charge < -0.3 is 9.84 Å². The number of nitrogens with zero attached hydrogens (tertiary/aromatic N) is 3. The van der Waals surface area contributed by atoms with Crippen LogP contribution in [0.2, 0.25) is 5.02 Å². The third-order valence-electron chi connectivity index (χ3n) is 5.42. The molecule has 0 bridgehead atoms. The van der Waals surface area contributed by atoms with Gasteiger partial charge in [0, 0.05) is 23.7 Å². The summed E-state index contributed by atoms with van der Waals surface area (Å²) in [4.78, 5) is 19.4. The standard InChI is InChI=1S/C23H25ClN4O2/c1-16-8-10-17(11-9-16)22-26-21(30-27-22)13-25-23(29)19-6-4-12-28(15-19)14-18-5-2-3-7-20(18)24/h2-3,5,7-11,19H,4,6,12-15H2,1H3,(H,25,29)/t19-/m0/s1. The van der Waals surface area contributed by atoms with Crippen molar-refractivity contribution < 1.29 is 9.32 Å². The van der Waals surface area contributed by atoms with Gasteiger partial charge in [-0.2, -0.15) is 4.98 Å². The van der Waals surface area contributed by atoms with Gasteiger partial charge in [0.25, 0.3) is 0 Å². The van der Waals surface area contributed by atoms with E-state index in [0.717, 1.165) is 48.6 Å². The maximum atomic E-state index is 12.7. The number of nitrogens with one attached hydrogen (secondary N) is 1. The van der Waals surface area contributed by atoms with Crippen molar-refractivity contribution in [2.24, 2.45) is 5.92 Å². The summed E-state index contributed by atoms with van der Waals surface area (Å²) in [6, 6.07) is 15.8. The normalized spacial score (nSPS) is 17.1. The zero-order chi connectivity index (χ0) is 20.9. The average molecular weight is 425 g/mol. The van der Waals surface area contributed by atoms with Gasteiger partial charge in [0.1, 0.15) is 0 Å². The number of halogens is 1. The molecule has 4 rings (SSSR count). The third-order valence-corrected chi connectivity index (χ3v) is 5.79. The largest absolute Gasteiger partial charge is 0.347 e. The molecule has 0 saturated carbocycles. The van der Waals surface area contributed by atoms with Crippen molar-refractivity contribution in [1.82, 2.24) is 20.4 Å². The number of hydrogen-bond acceptors (Lipinski definition) is 5. The van der Waals surface area contributed by atoms with E-state index in [0.29, 0.717) is 11.7 Å². The lowest BCUT2D eigenvalue weighted by Crippen LogP contribution is -2.42. The molecule has 7 heteroatoms. The molecule has 1 saturated heterocycles. The number of hydrogen-bond donors (Lipinski definition) is 1. The van der Waals surface area contributed by atoms with Crippen molar-refractivity contribution in [2.45, 2.75) is 32.9 Å². The Kier molecular flexibility index (Phi) is 6.45. The Morgan fingerprint density at radius 3 is 2.83 bits per heavy atom. The lowest BCUT2D eigenvalue weighted by molar-refractivity contribution is -0.127. The first kappa shape index (κ1) is 20.6. The van der Waals surface area contributed by atoms with Crippen molar-refractivity contribution in [3.63, 3.8) is 0 Å². The molecule has 0 radical (unpaired) electrons. The molecule has 2 aromatic carbocycles. The van der Waals surface area contributed by atoms with E-state index in [-0.39, 0.29) is 18.4 Å². The van der Waals surface area contributed by atoms with Crippen LogP contribution in [-0.4, -0.2) is 34.0 Å². The summed E-state index contributed by atoms with van der Waals surface area (Å²) < 4.78 is 5.30. The fourth-order valence-corrected chi connectivity index (χ4v) is 3.93. The van der Waals surface area contributed by atoms with Gasteiger partial charge in [0.15, 0.2) is 0 Å². The average Bonchev–Trinajstić information content (AvgIpc) is 3.23. The number of carbonyl (C=O) groups is 1. The number of amides is 1. The Labute approximate surface area is 181 Å². The van der Waals surface area contributed by atoms with Gasteiger partial charge >= 0.3 is 0 Å². The molecule has 1 N–H and O–H groups in total. The number of aromatic nitrogens is 2.